The molecule has 0 unspecified atom stereocenters. The van der Waals surface area contributed by atoms with Crippen LogP contribution in [0, 0.1) is 0 Å². The fourth-order valence-electron chi connectivity index (χ4n) is 2.26. The molecule has 0 aromatic carbocycles. The van der Waals surface area contributed by atoms with Crippen molar-refractivity contribution >= 4 is 29.5 Å². The molecule has 0 saturated carbocycles. The van der Waals surface area contributed by atoms with E-state index in [1.165, 1.54) is 6.07 Å². The Morgan fingerprint density at radius 3 is 2.81 bits per heavy atom. The van der Waals surface area contributed by atoms with Crippen LogP contribution in [0.15, 0.2) is 12.1 Å². The smallest absolute Gasteiger partial charge is 0.345 e. The first-order valence-corrected chi connectivity index (χ1v) is 7.13. The topological polar surface area (TPSA) is 74.7 Å². The monoisotopic (exact) mass is 317 g/mol. The standard InChI is InChI=1S/C13H13F2NO4S/c14-13(15)6-8(7-17)16(12(13)20)5-1-2-9-3-4-10(21-9)11(18)19/h3-4,7-8H,1-2,5-6H2,(H,18,19)/t8-/m1/s1. The number of likely N-dealkylation sites (tertiary alicyclic amines) is 1. The van der Waals surface area contributed by atoms with Gasteiger partial charge in [0.15, 0.2) is 0 Å². The maximum absolute atomic E-state index is 13.3. The quantitative estimate of drug-likeness (QED) is 0.812. The van der Waals surface area contributed by atoms with Gasteiger partial charge in [0.1, 0.15) is 11.2 Å². The molecular weight excluding hydrogens is 304 g/mol. The van der Waals surface area contributed by atoms with Crippen LogP contribution in [0.2, 0.25) is 0 Å². The van der Waals surface area contributed by atoms with E-state index in [2.05, 4.69) is 0 Å². The number of carboxylic acid groups (broad SMARTS) is 1. The Balaban J connectivity index is 1.91. The van der Waals surface area contributed by atoms with E-state index in [0.717, 1.165) is 21.1 Å². The molecule has 1 N–H and O–H groups in total. The molecule has 1 aliphatic rings. The fraction of sp³-hybridized carbons (Fsp3) is 0.462. The number of aromatic carboxylic acids is 1. The minimum Gasteiger partial charge on any atom is -0.477 e. The Morgan fingerprint density at radius 1 is 1.52 bits per heavy atom. The summed E-state index contributed by atoms with van der Waals surface area (Å²) >= 11 is 1.11. The lowest BCUT2D eigenvalue weighted by Gasteiger charge is -2.19. The van der Waals surface area contributed by atoms with Gasteiger partial charge in [0.05, 0.1) is 6.04 Å². The third-order valence-electron chi connectivity index (χ3n) is 3.29. The van der Waals surface area contributed by atoms with Crippen molar-refractivity contribution in [2.45, 2.75) is 31.2 Å². The van der Waals surface area contributed by atoms with Gasteiger partial charge in [0.25, 0.3) is 5.91 Å². The van der Waals surface area contributed by atoms with Crippen LogP contribution in [0.25, 0.3) is 0 Å². The second-order valence-electron chi connectivity index (χ2n) is 4.79. The predicted molar refractivity (Wildman–Crippen MR) is 70.7 cm³/mol. The van der Waals surface area contributed by atoms with Gasteiger partial charge in [-0.2, -0.15) is 8.78 Å². The lowest BCUT2D eigenvalue weighted by atomic mass is 10.2. The van der Waals surface area contributed by atoms with E-state index in [1.807, 2.05) is 0 Å². The van der Waals surface area contributed by atoms with Crippen molar-refractivity contribution in [2.24, 2.45) is 0 Å². The molecule has 1 atom stereocenters. The third kappa shape index (κ3) is 3.26. The number of aldehydes is 1. The van der Waals surface area contributed by atoms with Crippen LogP contribution < -0.4 is 0 Å². The summed E-state index contributed by atoms with van der Waals surface area (Å²) in [5.41, 5.74) is 0. The Hall–Kier alpha value is -1.83. The minimum absolute atomic E-state index is 0.0537. The number of hydrogen-bond donors (Lipinski definition) is 1. The average Bonchev–Trinajstić information content (AvgIpc) is 2.97. The van der Waals surface area contributed by atoms with Gasteiger partial charge >= 0.3 is 11.9 Å². The van der Waals surface area contributed by atoms with Crippen molar-refractivity contribution in [3.05, 3.63) is 21.9 Å². The van der Waals surface area contributed by atoms with Crippen molar-refractivity contribution < 1.29 is 28.3 Å². The Kier molecular flexibility index (Phi) is 4.36. The maximum atomic E-state index is 13.3. The van der Waals surface area contributed by atoms with E-state index >= 15 is 0 Å². The van der Waals surface area contributed by atoms with Crippen LogP contribution in [0.4, 0.5) is 8.78 Å². The summed E-state index contributed by atoms with van der Waals surface area (Å²) < 4.78 is 26.5. The van der Waals surface area contributed by atoms with Gasteiger partial charge in [-0.1, -0.05) is 0 Å². The molecule has 1 amide bonds. The van der Waals surface area contributed by atoms with E-state index in [0.29, 0.717) is 19.1 Å². The van der Waals surface area contributed by atoms with Crippen molar-refractivity contribution in [1.29, 1.82) is 0 Å². The third-order valence-corrected chi connectivity index (χ3v) is 4.42. The van der Waals surface area contributed by atoms with E-state index in [1.54, 1.807) is 6.07 Å². The Labute approximate surface area is 123 Å². The first kappa shape index (κ1) is 15.6. The molecule has 1 fully saturated rings. The van der Waals surface area contributed by atoms with Crippen LogP contribution in [0.5, 0.6) is 0 Å². The maximum Gasteiger partial charge on any atom is 0.345 e. The number of thiophene rings is 1. The molecular formula is C13H13F2NO4S. The van der Waals surface area contributed by atoms with Crippen molar-refractivity contribution in [1.82, 2.24) is 4.90 Å². The number of amides is 1. The first-order valence-electron chi connectivity index (χ1n) is 6.31. The van der Waals surface area contributed by atoms with Crippen LogP contribution in [0.1, 0.15) is 27.4 Å². The van der Waals surface area contributed by atoms with E-state index < -0.39 is 30.3 Å². The highest BCUT2D eigenvalue weighted by molar-refractivity contribution is 7.13. The van der Waals surface area contributed by atoms with Gasteiger partial charge in [-0.05, 0) is 25.0 Å². The molecule has 0 spiro atoms. The molecule has 21 heavy (non-hydrogen) atoms. The highest BCUT2D eigenvalue weighted by Crippen LogP contribution is 2.32. The number of aryl methyl sites for hydroxylation is 1. The molecule has 0 aliphatic carbocycles. The molecule has 5 nitrogen and oxygen atoms in total. The predicted octanol–water partition coefficient (Wildman–Crippen LogP) is 1.81. The molecule has 0 bridgehead atoms. The zero-order valence-corrected chi connectivity index (χ0v) is 11.7. The number of carbonyl (C=O) groups is 3. The molecule has 1 aromatic heterocycles. The second kappa shape index (κ2) is 5.88. The van der Waals surface area contributed by atoms with Gasteiger partial charge in [0.2, 0.25) is 0 Å². The van der Waals surface area contributed by atoms with Crippen LogP contribution in [-0.2, 0) is 16.0 Å². The summed E-state index contributed by atoms with van der Waals surface area (Å²) in [5, 5.41) is 8.79. The normalized spacial score (nSPS) is 20.8. The summed E-state index contributed by atoms with van der Waals surface area (Å²) in [5.74, 6) is -5.79. The van der Waals surface area contributed by atoms with Crippen molar-refractivity contribution in [2.75, 3.05) is 6.54 Å². The highest BCUT2D eigenvalue weighted by Gasteiger charge is 2.52. The van der Waals surface area contributed by atoms with Crippen LogP contribution in [-0.4, -0.2) is 46.7 Å². The number of carbonyl (C=O) groups excluding carboxylic acids is 2. The number of carboxylic acids is 1. The number of hydrogen-bond acceptors (Lipinski definition) is 4. The van der Waals surface area contributed by atoms with Crippen LogP contribution in [0.3, 0.4) is 0 Å². The number of nitrogens with zero attached hydrogens (tertiary/aromatic N) is 1. The molecule has 1 aromatic rings. The molecule has 1 saturated heterocycles. The zero-order chi connectivity index (χ0) is 15.6. The number of rotatable bonds is 6. The molecule has 0 radical (unpaired) electrons. The number of alkyl halides is 2. The summed E-state index contributed by atoms with van der Waals surface area (Å²) in [4.78, 5) is 34.9. The lowest BCUT2D eigenvalue weighted by molar-refractivity contribution is -0.148. The molecule has 2 rings (SSSR count). The van der Waals surface area contributed by atoms with Crippen LogP contribution >= 0.6 is 11.3 Å². The van der Waals surface area contributed by atoms with E-state index in [4.69, 9.17) is 5.11 Å². The lowest BCUT2D eigenvalue weighted by Crippen LogP contribution is -2.37. The summed E-state index contributed by atoms with van der Waals surface area (Å²) in [6.45, 7) is 0.0537. The van der Waals surface area contributed by atoms with Gasteiger partial charge in [-0.25, -0.2) is 4.79 Å². The van der Waals surface area contributed by atoms with Gasteiger partial charge in [0, 0.05) is 17.8 Å². The van der Waals surface area contributed by atoms with E-state index in [9.17, 15) is 23.2 Å². The summed E-state index contributed by atoms with van der Waals surface area (Å²) in [6, 6.07) is 2.06. The Bertz CT molecular complexity index is 572. The highest BCUT2D eigenvalue weighted by atomic mass is 32.1. The average molecular weight is 317 g/mol. The molecule has 1 aliphatic heterocycles. The molecule has 2 heterocycles. The van der Waals surface area contributed by atoms with Gasteiger partial charge < -0.3 is 14.8 Å². The van der Waals surface area contributed by atoms with Crippen molar-refractivity contribution in [3.63, 3.8) is 0 Å². The summed E-state index contributed by atoms with van der Waals surface area (Å²) in [6.07, 6.45) is 0.467. The van der Waals surface area contributed by atoms with Gasteiger partial charge in [-0.3, -0.25) is 4.79 Å². The fourth-order valence-corrected chi connectivity index (χ4v) is 3.15. The first-order chi connectivity index (χ1) is 9.85. The van der Waals surface area contributed by atoms with Gasteiger partial charge in [-0.15, -0.1) is 11.3 Å². The summed E-state index contributed by atoms with van der Waals surface area (Å²) in [7, 11) is 0. The zero-order valence-electron chi connectivity index (χ0n) is 10.9. The minimum atomic E-state index is -3.47. The van der Waals surface area contributed by atoms with Crippen molar-refractivity contribution in [3.8, 4) is 0 Å². The number of halogens is 2. The van der Waals surface area contributed by atoms with E-state index in [-0.39, 0.29) is 11.4 Å². The SMILES string of the molecule is O=C[C@H]1CC(F)(F)C(=O)N1CCCc1ccc(C(=O)O)s1. The second-order valence-corrected chi connectivity index (χ2v) is 5.95. The molecule has 8 heteroatoms. The largest absolute Gasteiger partial charge is 0.477 e. The Morgan fingerprint density at radius 2 is 2.24 bits per heavy atom. The molecule has 114 valence electrons.